The molecule has 0 aliphatic heterocycles. The minimum Gasteiger partial charge on any atom is -0.454 e. The molecule has 120 valence electrons. The summed E-state index contributed by atoms with van der Waals surface area (Å²) in [5.41, 5.74) is 0.665. The highest BCUT2D eigenvalue weighted by atomic mass is 32.2. The zero-order chi connectivity index (χ0) is 17.0. The summed E-state index contributed by atoms with van der Waals surface area (Å²) in [7, 11) is 0. The largest absolute Gasteiger partial charge is 0.454 e. The Balaban J connectivity index is 2.34. The number of carbonyl (C=O) groups is 2. The molecule has 2 rings (SSSR count). The quantitative estimate of drug-likeness (QED) is 0.447. The fourth-order valence-corrected chi connectivity index (χ4v) is 3.49. The van der Waals surface area contributed by atoms with Gasteiger partial charge in [-0.25, -0.2) is 9.78 Å². The van der Waals surface area contributed by atoms with Crippen molar-refractivity contribution >= 4 is 40.5 Å². The Bertz CT molecular complexity index is 772. The molecule has 0 N–H and O–H groups in total. The number of hydrogen-bond donors (Lipinski definition) is 0. The molecule has 0 radical (unpaired) electrons. The number of carbonyl (C=O) groups excluding carboxylic acids is 2. The number of nitro groups is 1. The smallest absolute Gasteiger partial charge is 0.339 e. The number of thiazole rings is 1. The number of hydrogen-bond acceptors (Lipinski definition) is 8. The number of Topliss-reactive ketones (excluding diaryl/α,β-unsaturated/α-hetero) is 1. The van der Waals surface area contributed by atoms with Crippen LogP contribution >= 0.6 is 23.1 Å². The van der Waals surface area contributed by atoms with Gasteiger partial charge in [0.25, 0.3) is 5.69 Å². The van der Waals surface area contributed by atoms with Crippen LogP contribution < -0.4 is 0 Å². The van der Waals surface area contributed by atoms with E-state index in [1.54, 1.807) is 0 Å². The van der Waals surface area contributed by atoms with Gasteiger partial charge in [0.05, 0.1) is 10.5 Å². The molecule has 1 heterocycles. The highest BCUT2D eigenvalue weighted by Gasteiger charge is 2.20. The molecule has 0 aliphatic carbocycles. The average Bonchev–Trinajstić information content (AvgIpc) is 2.90. The lowest BCUT2D eigenvalue weighted by Gasteiger charge is -2.07. The van der Waals surface area contributed by atoms with Gasteiger partial charge in [0.1, 0.15) is 6.61 Å². The summed E-state index contributed by atoms with van der Waals surface area (Å²) in [4.78, 5) is 38.1. The van der Waals surface area contributed by atoms with E-state index < -0.39 is 10.9 Å². The number of ether oxygens (including phenoxy) is 1. The molecule has 23 heavy (non-hydrogen) atoms. The first-order valence-corrected chi connectivity index (χ1v) is 8.11. The minimum atomic E-state index is -0.778. The number of benzene rings is 1. The van der Waals surface area contributed by atoms with Gasteiger partial charge in [-0.2, -0.15) is 0 Å². The second kappa shape index (κ2) is 7.34. The van der Waals surface area contributed by atoms with E-state index in [9.17, 15) is 19.7 Å². The van der Waals surface area contributed by atoms with Crippen LogP contribution in [0.2, 0.25) is 0 Å². The monoisotopic (exact) mass is 352 g/mol. The normalized spacial score (nSPS) is 10.3. The Labute approximate surface area is 139 Å². The van der Waals surface area contributed by atoms with Crippen LogP contribution in [-0.2, 0) is 9.53 Å². The number of esters is 1. The molecule has 0 bridgehead atoms. The number of non-ortho nitro benzene ring substituents is 1. The zero-order valence-corrected chi connectivity index (χ0v) is 13.9. The van der Waals surface area contributed by atoms with Crippen LogP contribution in [0.25, 0.3) is 0 Å². The highest BCUT2D eigenvalue weighted by Crippen LogP contribution is 2.34. The fraction of sp³-hybridized carbons (Fsp3) is 0.214. The molecule has 0 atom stereocenters. The Morgan fingerprint density at radius 2 is 2.17 bits per heavy atom. The van der Waals surface area contributed by atoms with Gasteiger partial charge < -0.3 is 4.74 Å². The maximum Gasteiger partial charge on any atom is 0.339 e. The van der Waals surface area contributed by atoms with Gasteiger partial charge in [0.2, 0.25) is 0 Å². The highest BCUT2D eigenvalue weighted by molar-refractivity contribution is 8.01. The van der Waals surface area contributed by atoms with Gasteiger partial charge in [-0.3, -0.25) is 14.9 Å². The molecule has 0 spiro atoms. The zero-order valence-electron chi connectivity index (χ0n) is 12.3. The van der Waals surface area contributed by atoms with Crippen LogP contribution in [0.4, 0.5) is 5.69 Å². The van der Waals surface area contributed by atoms with Crippen LogP contribution in [0.5, 0.6) is 0 Å². The summed E-state index contributed by atoms with van der Waals surface area (Å²) in [6.07, 6.45) is 0. The first-order valence-electron chi connectivity index (χ1n) is 6.42. The molecule has 0 fully saturated rings. The van der Waals surface area contributed by atoms with Crippen LogP contribution in [0.3, 0.4) is 0 Å². The van der Waals surface area contributed by atoms with Crippen LogP contribution in [0.15, 0.2) is 32.8 Å². The SMILES string of the molecule is CC(=O)COC(=O)c1cc([N+](=O)[O-])ccc1Sc1nc(C)cs1. The molecule has 0 saturated heterocycles. The molecular formula is C14H12N2O5S2. The number of rotatable bonds is 6. The molecule has 1 aromatic carbocycles. The molecule has 0 amide bonds. The van der Waals surface area contributed by atoms with E-state index >= 15 is 0 Å². The van der Waals surface area contributed by atoms with E-state index in [0.29, 0.717) is 9.24 Å². The van der Waals surface area contributed by atoms with Gasteiger partial charge in [-0.1, -0.05) is 11.8 Å². The standard InChI is InChI=1S/C14H12N2O5S2/c1-8-7-22-14(15-8)23-12-4-3-10(16(19)20)5-11(12)13(18)21-6-9(2)17/h3-5,7H,6H2,1-2H3. The summed E-state index contributed by atoms with van der Waals surface area (Å²) in [6.45, 7) is 2.76. The van der Waals surface area contributed by atoms with Crippen molar-refractivity contribution in [2.24, 2.45) is 0 Å². The van der Waals surface area contributed by atoms with Crippen molar-refractivity contribution in [3.63, 3.8) is 0 Å². The Hall–Kier alpha value is -2.26. The van der Waals surface area contributed by atoms with Crippen LogP contribution in [0, 0.1) is 17.0 Å². The van der Waals surface area contributed by atoms with E-state index in [4.69, 9.17) is 4.74 Å². The Morgan fingerprint density at radius 3 is 2.74 bits per heavy atom. The average molecular weight is 352 g/mol. The molecular weight excluding hydrogens is 340 g/mol. The van der Waals surface area contributed by atoms with Crippen molar-refractivity contribution in [1.82, 2.24) is 4.98 Å². The van der Waals surface area contributed by atoms with Crippen molar-refractivity contribution in [1.29, 1.82) is 0 Å². The minimum absolute atomic E-state index is 0.0401. The van der Waals surface area contributed by atoms with E-state index in [1.165, 1.54) is 42.2 Å². The maximum absolute atomic E-state index is 12.1. The lowest BCUT2D eigenvalue weighted by molar-refractivity contribution is -0.384. The molecule has 7 nitrogen and oxygen atoms in total. The Kier molecular flexibility index (Phi) is 5.45. The first-order chi connectivity index (χ1) is 10.9. The number of ketones is 1. The van der Waals surface area contributed by atoms with Crippen molar-refractivity contribution in [2.45, 2.75) is 23.1 Å². The second-order valence-corrected chi connectivity index (χ2v) is 6.72. The summed E-state index contributed by atoms with van der Waals surface area (Å²) < 4.78 is 5.57. The summed E-state index contributed by atoms with van der Waals surface area (Å²) in [6, 6.07) is 3.93. The van der Waals surface area contributed by atoms with E-state index in [0.717, 1.165) is 11.8 Å². The molecule has 9 heteroatoms. The van der Waals surface area contributed by atoms with Crippen molar-refractivity contribution in [3.8, 4) is 0 Å². The van der Waals surface area contributed by atoms with Crippen LogP contribution in [-0.4, -0.2) is 28.3 Å². The third-order valence-corrected chi connectivity index (χ3v) is 4.73. The topological polar surface area (TPSA) is 99.4 Å². The first kappa shape index (κ1) is 17.1. The molecule has 1 aromatic heterocycles. The lowest BCUT2D eigenvalue weighted by atomic mass is 10.2. The third-order valence-electron chi connectivity index (χ3n) is 2.60. The van der Waals surface area contributed by atoms with Gasteiger partial charge >= 0.3 is 5.97 Å². The predicted octanol–water partition coefficient (Wildman–Crippen LogP) is 3.26. The van der Waals surface area contributed by atoms with Gasteiger partial charge in [-0.05, 0) is 19.9 Å². The molecule has 0 aliphatic rings. The number of aryl methyl sites for hydroxylation is 1. The van der Waals surface area contributed by atoms with E-state index in [1.807, 2.05) is 12.3 Å². The third kappa shape index (κ3) is 4.60. The van der Waals surface area contributed by atoms with E-state index in [2.05, 4.69) is 4.98 Å². The second-order valence-electron chi connectivity index (χ2n) is 4.57. The Morgan fingerprint density at radius 1 is 1.43 bits per heavy atom. The molecule has 0 unspecified atom stereocenters. The van der Waals surface area contributed by atoms with Crippen LogP contribution in [0.1, 0.15) is 23.0 Å². The van der Waals surface area contributed by atoms with E-state index in [-0.39, 0.29) is 23.6 Å². The number of aromatic nitrogens is 1. The summed E-state index contributed by atoms with van der Waals surface area (Å²) >= 11 is 2.62. The molecule has 2 aromatic rings. The number of nitrogens with zero attached hydrogens (tertiary/aromatic N) is 2. The van der Waals surface area contributed by atoms with Crippen molar-refractivity contribution in [2.75, 3.05) is 6.61 Å². The van der Waals surface area contributed by atoms with Crippen molar-refractivity contribution in [3.05, 3.63) is 45.0 Å². The molecule has 0 saturated carbocycles. The fourth-order valence-electron chi connectivity index (χ4n) is 1.60. The maximum atomic E-state index is 12.1. The van der Waals surface area contributed by atoms with Gasteiger partial charge in [0.15, 0.2) is 10.1 Å². The summed E-state index contributed by atoms with van der Waals surface area (Å²) in [5.74, 6) is -1.09. The van der Waals surface area contributed by atoms with Gasteiger partial charge in [-0.15, -0.1) is 11.3 Å². The predicted molar refractivity (Wildman–Crippen MR) is 85.0 cm³/mol. The van der Waals surface area contributed by atoms with Crippen molar-refractivity contribution < 1.29 is 19.2 Å². The van der Waals surface area contributed by atoms with Gasteiger partial charge in [0, 0.05) is 28.1 Å². The number of nitro benzene ring substituents is 1. The summed E-state index contributed by atoms with van der Waals surface area (Å²) in [5, 5.41) is 12.8. The lowest BCUT2D eigenvalue weighted by Crippen LogP contribution is -2.12.